The standard InChI is InChI=1S/C19H36N2O4/c1-5-6-7-8-9-10-11-12-13-14-17(22)21(4)16(3)18(23)20-15(2)19(24)25/h15-16H,5-14H2,1-4H3,(H,20,23)(H,24,25). The molecule has 0 rings (SSSR count). The van der Waals surface area contributed by atoms with Crippen LogP contribution in [0.5, 0.6) is 0 Å². The molecule has 0 aromatic rings. The van der Waals surface area contributed by atoms with E-state index in [1.165, 1.54) is 50.3 Å². The van der Waals surface area contributed by atoms with Crippen LogP contribution in [-0.4, -0.2) is 46.9 Å². The van der Waals surface area contributed by atoms with Crippen LogP contribution in [0.1, 0.15) is 85.0 Å². The first kappa shape index (κ1) is 23.4. The molecule has 2 unspecified atom stereocenters. The van der Waals surface area contributed by atoms with E-state index in [9.17, 15) is 14.4 Å². The van der Waals surface area contributed by atoms with Gasteiger partial charge < -0.3 is 15.3 Å². The normalized spacial score (nSPS) is 13.1. The summed E-state index contributed by atoms with van der Waals surface area (Å²) in [5.41, 5.74) is 0. The summed E-state index contributed by atoms with van der Waals surface area (Å²) in [6.45, 7) is 5.22. The molecule has 6 heteroatoms. The number of carbonyl (C=O) groups excluding carboxylic acids is 2. The maximum Gasteiger partial charge on any atom is 0.325 e. The largest absolute Gasteiger partial charge is 0.480 e. The first-order chi connectivity index (χ1) is 11.8. The monoisotopic (exact) mass is 356 g/mol. The number of carboxylic acids is 1. The molecule has 6 nitrogen and oxygen atoms in total. The van der Waals surface area contributed by atoms with Gasteiger partial charge in [-0.2, -0.15) is 0 Å². The van der Waals surface area contributed by atoms with Gasteiger partial charge in [-0.25, -0.2) is 0 Å². The molecule has 0 spiro atoms. The van der Waals surface area contributed by atoms with E-state index in [0.717, 1.165) is 19.3 Å². The summed E-state index contributed by atoms with van der Waals surface area (Å²) in [4.78, 5) is 36.3. The minimum absolute atomic E-state index is 0.0754. The lowest BCUT2D eigenvalue weighted by atomic mass is 10.1. The summed E-state index contributed by atoms with van der Waals surface area (Å²) in [6, 6.07) is -1.64. The van der Waals surface area contributed by atoms with E-state index in [-0.39, 0.29) is 5.91 Å². The highest BCUT2D eigenvalue weighted by atomic mass is 16.4. The van der Waals surface area contributed by atoms with E-state index in [1.807, 2.05) is 0 Å². The Bertz CT molecular complexity index is 412. The van der Waals surface area contributed by atoms with Gasteiger partial charge in [-0.1, -0.05) is 58.3 Å². The van der Waals surface area contributed by atoms with Crippen LogP contribution in [0.15, 0.2) is 0 Å². The molecule has 0 bridgehead atoms. The molecule has 0 heterocycles. The smallest absolute Gasteiger partial charge is 0.325 e. The lowest BCUT2D eigenvalue weighted by Crippen LogP contribution is -2.49. The van der Waals surface area contributed by atoms with Crippen LogP contribution >= 0.6 is 0 Å². The second-order valence-electron chi connectivity index (χ2n) is 6.83. The Labute approximate surface area is 152 Å². The average molecular weight is 357 g/mol. The van der Waals surface area contributed by atoms with Crippen molar-refractivity contribution in [2.75, 3.05) is 7.05 Å². The second-order valence-corrected chi connectivity index (χ2v) is 6.83. The zero-order chi connectivity index (χ0) is 19.2. The zero-order valence-electron chi connectivity index (χ0n) is 16.3. The van der Waals surface area contributed by atoms with Crippen LogP contribution in [-0.2, 0) is 14.4 Å². The Balaban J connectivity index is 3.90. The average Bonchev–Trinajstić information content (AvgIpc) is 2.58. The Morgan fingerprint density at radius 3 is 1.88 bits per heavy atom. The molecular weight excluding hydrogens is 320 g/mol. The van der Waals surface area contributed by atoms with Crippen molar-refractivity contribution in [3.63, 3.8) is 0 Å². The topological polar surface area (TPSA) is 86.7 Å². The third kappa shape index (κ3) is 10.8. The van der Waals surface area contributed by atoms with Gasteiger partial charge in [0.25, 0.3) is 0 Å². The van der Waals surface area contributed by atoms with Gasteiger partial charge in [-0.05, 0) is 20.3 Å². The van der Waals surface area contributed by atoms with E-state index in [0.29, 0.717) is 6.42 Å². The van der Waals surface area contributed by atoms with E-state index in [2.05, 4.69) is 12.2 Å². The Hall–Kier alpha value is -1.59. The lowest BCUT2D eigenvalue weighted by molar-refractivity contribution is -0.143. The number of hydrogen-bond acceptors (Lipinski definition) is 3. The predicted octanol–water partition coefficient (Wildman–Crippen LogP) is 3.34. The number of rotatable bonds is 14. The maximum atomic E-state index is 12.1. The first-order valence-corrected chi connectivity index (χ1v) is 9.60. The van der Waals surface area contributed by atoms with Crippen LogP contribution in [0.4, 0.5) is 0 Å². The number of hydrogen-bond donors (Lipinski definition) is 2. The highest BCUT2D eigenvalue weighted by molar-refractivity contribution is 5.89. The molecule has 0 aromatic carbocycles. The third-order valence-corrected chi connectivity index (χ3v) is 4.58. The van der Waals surface area contributed by atoms with Crippen LogP contribution in [0, 0.1) is 0 Å². The second kappa shape index (κ2) is 13.7. The summed E-state index contributed by atoms with van der Waals surface area (Å²) in [5.74, 6) is -1.62. The molecular formula is C19H36N2O4. The summed E-state index contributed by atoms with van der Waals surface area (Å²) in [7, 11) is 1.59. The number of nitrogens with zero attached hydrogens (tertiary/aromatic N) is 1. The van der Waals surface area contributed by atoms with E-state index < -0.39 is 24.0 Å². The summed E-state index contributed by atoms with van der Waals surface area (Å²) >= 11 is 0. The fourth-order valence-corrected chi connectivity index (χ4v) is 2.55. The van der Waals surface area contributed by atoms with Crippen molar-refractivity contribution in [1.29, 1.82) is 0 Å². The van der Waals surface area contributed by atoms with Crippen LogP contribution in [0.25, 0.3) is 0 Å². The van der Waals surface area contributed by atoms with Gasteiger partial charge in [0.1, 0.15) is 12.1 Å². The minimum Gasteiger partial charge on any atom is -0.480 e. The SMILES string of the molecule is CCCCCCCCCCCC(=O)N(C)C(C)C(=O)NC(C)C(=O)O. The van der Waals surface area contributed by atoms with Gasteiger partial charge in [-0.3, -0.25) is 14.4 Å². The molecule has 0 saturated heterocycles. The summed E-state index contributed by atoms with van der Waals surface area (Å²) in [6.07, 6.45) is 11.1. The highest BCUT2D eigenvalue weighted by Crippen LogP contribution is 2.11. The molecule has 2 N–H and O–H groups in total. The fraction of sp³-hybridized carbons (Fsp3) is 0.842. The Kier molecular flexibility index (Phi) is 12.8. The lowest BCUT2D eigenvalue weighted by Gasteiger charge is -2.25. The van der Waals surface area contributed by atoms with E-state index in [1.54, 1.807) is 14.0 Å². The number of unbranched alkanes of at least 4 members (excludes halogenated alkanes) is 8. The van der Waals surface area contributed by atoms with Crippen molar-refractivity contribution in [1.82, 2.24) is 10.2 Å². The summed E-state index contributed by atoms with van der Waals surface area (Å²) in [5, 5.41) is 11.2. The Morgan fingerprint density at radius 2 is 1.40 bits per heavy atom. The van der Waals surface area contributed by atoms with Crippen molar-refractivity contribution >= 4 is 17.8 Å². The van der Waals surface area contributed by atoms with Gasteiger partial charge in [0.15, 0.2) is 0 Å². The molecule has 0 aliphatic heterocycles. The number of aliphatic carboxylic acids is 1. The molecule has 0 fully saturated rings. The maximum absolute atomic E-state index is 12.1. The van der Waals surface area contributed by atoms with E-state index in [4.69, 9.17) is 5.11 Å². The number of nitrogens with one attached hydrogen (secondary N) is 1. The van der Waals surface area contributed by atoms with Crippen molar-refractivity contribution in [3.8, 4) is 0 Å². The first-order valence-electron chi connectivity index (χ1n) is 9.60. The third-order valence-electron chi connectivity index (χ3n) is 4.58. The van der Waals surface area contributed by atoms with E-state index >= 15 is 0 Å². The zero-order valence-corrected chi connectivity index (χ0v) is 16.3. The molecule has 0 radical (unpaired) electrons. The molecule has 146 valence electrons. The van der Waals surface area contributed by atoms with Crippen molar-refractivity contribution in [3.05, 3.63) is 0 Å². The van der Waals surface area contributed by atoms with Crippen LogP contribution < -0.4 is 5.32 Å². The van der Waals surface area contributed by atoms with Gasteiger partial charge in [-0.15, -0.1) is 0 Å². The fourth-order valence-electron chi connectivity index (χ4n) is 2.55. The van der Waals surface area contributed by atoms with Crippen molar-refractivity contribution in [2.24, 2.45) is 0 Å². The molecule has 0 saturated carbocycles. The number of likely N-dealkylation sites (N-methyl/N-ethyl adjacent to an activating group) is 1. The molecule has 0 aliphatic carbocycles. The predicted molar refractivity (Wildman–Crippen MR) is 99.3 cm³/mol. The summed E-state index contributed by atoms with van der Waals surface area (Å²) < 4.78 is 0. The molecule has 0 aromatic heterocycles. The van der Waals surface area contributed by atoms with Gasteiger partial charge in [0, 0.05) is 13.5 Å². The quantitative estimate of drug-likeness (QED) is 0.467. The highest BCUT2D eigenvalue weighted by Gasteiger charge is 2.24. The number of amides is 2. The van der Waals surface area contributed by atoms with Gasteiger partial charge in [0.2, 0.25) is 11.8 Å². The van der Waals surface area contributed by atoms with Crippen molar-refractivity contribution < 1.29 is 19.5 Å². The van der Waals surface area contributed by atoms with Crippen LogP contribution in [0.2, 0.25) is 0 Å². The molecule has 25 heavy (non-hydrogen) atoms. The van der Waals surface area contributed by atoms with Crippen LogP contribution in [0.3, 0.4) is 0 Å². The van der Waals surface area contributed by atoms with Gasteiger partial charge in [0.05, 0.1) is 0 Å². The van der Waals surface area contributed by atoms with Gasteiger partial charge >= 0.3 is 5.97 Å². The number of carbonyl (C=O) groups is 3. The Morgan fingerprint density at radius 1 is 0.920 bits per heavy atom. The minimum atomic E-state index is -1.09. The molecule has 2 atom stereocenters. The molecule has 2 amide bonds. The number of carboxylic acid groups (broad SMARTS) is 1. The van der Waals surface area contributed by atoms with Crippen molar-refractivity contribution in [2.45, 2.75) is 97.1 Å². The molecule has 0 aliphatic rings.